The second-order valence-electron chi connectivity index (χ2n) is 4.56. The molecule has 1 fully saturated rings. The maximum absolute atomic E-state index is 12.4. The summed E-state index contributed by atoms with van der Waals surface area (Å²) in [6.07, 6.45) is 1.43. The lowest BCUT2D eigenvalue weighted by Crippen LogP contribution is -2.64. The predicted octanol–water partition coefficient (Wildman–Crippen LogP) is -0.634. The van der Waals surface area contributed by atoms with E-state index in [0.717, 1.165) is 6.42 Å². The molecule has 0 aliphatic carbocycles. The SMILES string of the molecule is CC(=O)NC[N@@+]1(C(=O)[C@@H](N)CS)CCC[C@H]1C#N. The van der Waals surface area contributed by atoms with Crippen LogP contribution in [0.4, 0.5) is 0 Å². The lowest BCUT2D eigenvalue weighted by atomic mass is 10.2. The lowest BCUT2D eigenvalue weighted by Gasteiger charge is -2.35. The minimum absolute atomic E-state index is 0.0716. The van der Waals surface area contributed by atoms with Gasteiger partial charge >= 0.3 is 5.91 Å². The van der Waals surface area contributed by atoms with Crippen molar-refractivity contribution in [1.29, 1.82) is 5.26 Å². The summed E-state index contributed by atoms with van der Waals surface area (Å²) >= 11 is 4.03. The predicted molar refractivity (Wildman–Crippen MR) is 69.3 cm³/mol. The van der Waals surface area contributed by atoms with Gasteiger partial charge in [-0.25, -0.2) is 9.28 Å². The van der Waals surface area contributed by atoms with Gasteiger partial charge in [-0.3, -0.25) is 4.79 Å². The van der Waals surface area contributed by atoms with Crippen LogP contribution in [0.2, 0.25) is 0 Å². The zero-order chi connectivity index (χ0) is 13.8. The number of amides is 2. The molecule has 0 aromatic carbocycles. The Balaban J connectivity index is 2.97. The Kier molecular flexibility index (Phi) is 5.14. The molecular formula is C11H19N4O2S+. The Labute approximate surface area is 112 Å². The molecule has 1 rings (SSSR count). The molecule has 0 saturated carbocycles. The Hall–Kier alpha value is -1.10. The molecule has 7 heteroatoms. The van der Waals surface area contributed by atoms with E-state index in [0.29, 0.717) is 13.0 Å². The summed E-state index contributed by atoms with van der Waals surface area (Å²) in [6.45, 7) is 2.06. The van der Waals surface area contributed by atoms with Gasteiger partial charge < -0.3 is 11.1 Å². The number of hydrogen-bond donors (Lipinski definition) is 3. The summed E-state index contributed by atoms with van der Waals surface area (Å²) in [6, 6.07) is 1.01. The molecule has 1 aliphatic rings. The number of rotatable bonds is 4. The highest BCUT2D eigenvalue weighted by molar-refractivity contribution is 7.80. The zero-order valence-electron chi connectivity index (χ0n) is 10.4. The van der Waals surface area contributed by atoms with E-state index < -0.39 is 12.1 Å². The zero-order valence-corrected chi connectivity index (χ0v) is 11.3. The Morgan fingerprint density at radius 3 is 2.83 bits per heavy atom. The fourth-order valence-corrected chi connectivity index (χ4v) is 2.49. The summed E-state index contributed by atoms with van der Waals surface area (Å²) in [5.41, 5.74) is 5.74. The third-order valence-electron chi connectivity index (χ3n) is 3.34. The number of carbonyl (C=O) groups is 2. The highest BCUT2D eigenvalue weighted by Gasteiger charge is 2.50. The fraction of sp³-hybridized carbons (Fsp3) is 0.727. The van der Waals surface area contributed by atoms with Crippen molar-refractivity contribution in [2.24, 2.45) is 5.73 Å². The van der Waals surface area contributed by atoms with Gasteiger partial charge in [0.1, 0.15) is 12.1 Å². The number of nitriles is 1. The summed E-state index contributed by atoms with van der Waals surface area (Å²) in [5.74, 6) is -0.206. The van der Waals surface area contributed by atoms with Crippen LogP contribution < -0.4 is 11.1 Å². The van der Waals surface area contributed by atoms with Crippen molar-refractivity contribution >= 4 is 24.4 Å². The van der Waals surface area contributed by atoms with Gasteiger partial charge in [-0.1, -0.05) is 0 Å². The number of nitrogens with zero attached hydrogens (tertiary/aromatic N) is 2. The van der Waals surface area contributed by atoms with Gasteiger partial charge in [0, 0.05) is 25.5 Å². The molecule has 6 nitrogen and oxygen atoms in total. The number of hydrogen-bond acceptors (Lipinski definition) is 5. The van der Waals surface area contributed by atoms with Crippen LogP contribution >= 0.6 is 12.6 Å². The second kappa shape index (κ2) is 6.18. The standard InChI is InChI=1S/C11H18N4O2S/c1-8(16)14-7-15(11(17)10(13)6-18)4-2-3-9(15)5-12/h9-10H,2-4,6-7,13H2,1H3,(H-,14,16,18)/p+1/t9-,10-,15-/m0/s1. The number of carbonyl (C=O) groups excluding carboxylic acids is 2. The van der Waals surface area contributed by atoms with E-state index in [4.69, 9.17) is 5.73 Å². The average molecular weight is 271 g/mol. The summed E-state index contributed by atoms with van der Waals surface area (Å²) < 4.78 is -0.0716. The fourth-order valence-electron chi connectivity index (χ4n) is 2.34. The average Bonchev–Trinajstić information content (AvgIpc) is 2.78. The van der Waals surface area contributed by atoms with E-state index in [2.05, 4.69) is 24.0 Å². The Bertz CT molecular complexity index is 382. The van der Waals surface area contributed by atoms with Gasteiger partial charge in [0.05, 0.1) is 6.54 Å². The van der Waals surface area contributed by atoms with E-state index in [9.17, 15) is 14.9 Å². The van der Waals surface area contributed by atoms with Gasteiger partial charge in [-0.15, -0.1) is 0 Å². The first-order chi connectivity index (χ1) is 8.47. The molecule has 2 amide bonds. The number of nitrogens with two attached hydrogens (primary N) is 1. The third kappa shape index (κ3) is 2.83. The molecule has 1 heterocycles. The molecule has 0 unspecified atom stereocenters. The van der Waals surface area contributed by atoms with Crippen LogP contribution in [0.1, 0.15) is 19.8 Å². The molecule has 0 aromatic rings. The van der Waals surface area contributed by atoms with Crippen molar-refractivity contribution < 1.29 is 14.1 Å². The molecule has 3 N–H and O–H groups in total. The summed E-state index contributed by atoms with van der Waals surface area (Å²) in [4.78, 5) is 23.4. The molecule has 100 valence electrons. The van der Waals surface area contributed by atoms with Crippen LogP contribution in [0.3, 0.4) is 0 Å². The highest BCUT2D eigenvalue weighted by Crippen LogP contribution is 2.27. The van der Waals surface area contributed by atoms with Crippen LogP contribution in [0.5, 0.6) is 0 Å². The van der Waals surface area contributed by atoms with Crippen LogP contribution in [0.15, 0.2) is 0 Å². The molecule has 0 radical (unpaired) electrons. The molecular weight excluding hydrogens is 252 g/mol. The van der Waals surface area contributed by atoms with E-state index >= 15 is 0 Å². The smallest absolute Gasteiger partial charge is 0.316 e. The monoisotopic (exact) mass is 271 g/mol. The summed E-state index contributed by atoms with van der Waals surface area (Å²) in [7, 11) is 0. The van der Waals surface area contributed by atoms with Crippen molar-refractivity contribution in [3.8, 4) is 6.07 Å². The van der Waals surface area contributed by atoms with E-state index in [1.165, 1.54) is 6.92 Å². The largest absolute Gasteiger partial charge is 0.333 e. The minimum Gasteiger partial charge on any atom is -0.316 e. The molecule has 18 heavy (non-hydrogen) atoms. The Morgan fingerprint density at radius 2 is 2.33 bits per heavy atom. The van der Waals surface area contributed by atoms with Crippen molar-refractivity contribution in [2.45, 2.75) is 31.8 Å². The first-order valence-electron chi connectivity index (χ1n) is 5.89. The Morgan fingerprint density at radius 1 is 1.67 bits per heavy atom. The van der Waals surface area contributed by atoms with Crippen LogP contribution in [0.25, 0.3) is 0 Å². The number of nitrogens with one attached hydrogen (secondary N) is 1. The molecule has 1 aliphatic heterocycles. The van der Waals surface area contributed by atoms with Gasteiger partial charge in [-0.2, -0.15) is 17.9 Å². The van der Waals surface area contributed by atoms with E-state index in [-0.39, 0.29) is 28.7 Å². The lowest BCUT2D eigenvalue weighted by molar-refractivity contribution is -0.860. The third-order valence-corrected chi connectivity index (χ3v) is 3.74. The topological polar surface area (TPSA) is 96.0 Å². The molecule has 0 aromatic heterocycles. The van der Waals surface area contributed by atoms with E-state index in [1.54, 1.807) is 0 Å². The van der Waals surface area contributed by atoms with Crippen LogP contribution in [0, 0.1) is 11.3 Å². The van der Waals surface area contributed by atoms with Crippen molar-refractivity contribution in [1.82, 2.24) is 5.32 Å². The molecule has 0 spiro atoms. The second-order valence-corrected chi connectivity index (χ2v) is 4.93. The van der Waals surface area contributed by atoms with Crippen LogP contribution in [-0.2, 0) is 9.59 Å². The van der Waals surface area contributed by atoms with Crippen molar-refractivity contribution in [3.05, 3.63) is 0 Å². The minimum atomic E-state index is -0.712. The maximum Gasteiger partial charge on any atom is 0.333 e. The van der Waals surface area contributed by atoms with Crippen molar-refractivity contribution in [3.63, 3.8) is 0 Å². The maximum atomic E-state index is 12.4. The molecule has 3 atom stereocenters. The number of likely N-dealkylation sites (tertiary alicyclic amines) is 1. The first-order valence-corrected chi connectivity index (χ1v) is 6.53. The number of quaternary nitrogens is 1. The summed E-state index contributed by atoms with van der Waals surface area (Å²) in [5, 5.41) is 11.8. The van der Waals surface area contributed by atoms with Crippen LogP contribution in [-0.4, -0.2) is 47.3 Å². The van der Waals surface area contributed by atoms with E-state index in [1.807, 2.05) is 0 Å². The first kappa shape index (κ1) is 15.0. The molecule has 0 bridgehead atoms. The molecule has 1 saturated heterocycles. The van der Waals surface area contributed by atoms with Gasteiger partial charge in [0.2, 0.25) is 5.91 Å². The van der Waals surface area contributed by atoms with Crippen molar-refractivity contribution in [2.75, 3.05) is 19.0 Å². The number of thiol groups is 1. The van der Waals surface area contributed by atoms with Gasteiger partial charge in [-0.05, 0) is 0 Å². The quantitative estimate of drug-likeness (QED) is 0.468. The highest BCUT2D eigenvalue weighted by atomic mass is 32.1. The van der Waals surface area contributed by atoms with Gasteiger partial charge in [0.15, 0.2) is 12.7 Å². The van der Waals surface area contributed by atoms with Gasteiger partial charge in [0.25, 0.3) is 0 Å². The normalized spacial score (nSPS) is 28.4.